The van der Waals surface area contributed by atoms with Crippen LogP contribution < -0.4 is 4.74 Å². The number of ether oxygens (including phenoxy) is 1. The van der Waals surface area contributed by atoms with Crippen molar-refractivity contribution in [3.8, 4) is 11.5 Å². The molecule has 2 aromatic carbocycles. The standard InChI is InChI=1S/C10H12O2.C7H6O/c1-3-4-8-5-6-9(11)10(7-8)12-2;8-6-7-4-2-1-3-5-7/h3,5-7,11H,1,4H2,2H3;1-6H. The lowest BCUT2D eigenvalue weighted by molar-refractivity contribution is 0.112. The molecule has 0 aliphatic heterocycles. The second-order valence-electron chi connectivity index (χ2n) is 4.03. The summed E-state index contributed by atoms with van der Waals surface area (Å²) in [5.41, 5.74) is 1.81. The van der Waals surface area contributed by atoms with E-state index >= 15 is 0 Å². The molecule has 0 unspecified atom stereocenters. The number of carbonyl (C=O) groups excluding carboxylic acids is 1. The summed E-state index contributed by atoms with van der Waals surface area (Å²) >= 11 is 0. The van der Waals surface area contributed by atoms with Crippen molar-refractivity contribution >= 4 is 6.29 Å². The molecule has 0 fully saturated rings. The van der Waals surface area contributed by atoms with Crippen molar-refractivity contribution < 1.29 is 14.6 Å². The van der Waals surface area contributed by atoms with E-state index in [0.717, 1.165) is 23.8 Å². The Morgan fingerprint density at radius 1 is 1.20 bits per heavy atom. The molecule has 0 radical (unpaired) electrons. The number of carbonyl (C=O) groups is 1. The van der Waals surface area contributed by atoms with Gasteiger partial charge in [0.2, 0.25) is 0 Å². The molecule has 0 bridgehead atoms. The van der Waals surface area contributed by atoms with Crippen LogP contribution in [0, 0.1) is 0 Å². The predicted octanol–water partition coefficient (Wildman–Crippen LogP) is 3.63. The fraction of sp³-hybridized carbons (Fsp3) is 0.118. The van der Waals surface area contributed by atoms with Crippen LogP contribution >= 0.6 is 0 Å². The third kappa shape index (κ3) is 4.98. The van der Waals surface area contributed by atoms with Crippen LogP contribution in [-0.4, -0.2) is 18.5 Å². The predicted molar refractivity (Wildman–Crippen MR) is 80.4 cm³/mol. The van der Waals surface area contributed by atoms with E-state index in [-0.39, 0.29) is 5.75 Å². The molecule has 0 atom stereocenters. The Balaban J connectivity index is 0.000000217. The number of hydrogen-bond acceptors (Lipinski definition) is 3. The summed E-state index contributed by atoms with van der Waals surface area (Å²) in [7, 11) is 1.53. The molecule has 0 aliphatic rings. The van der Waals surface area contributed by atoms with E-state index in [4.69, 9.17) is 4.74 Å². The Morgan fingerprint density at radius 3 is 2.40 bits per heavy atom. The normalized spacial score (nSPS) is 9.05. The highest BCUT2D eigenvalue weighted by molar-refractivity contribution is 5.74. The van der Waals surface area contributed by atoms with Gasteiger partial charge in [0.25, 0.3) is 0 Å². The molecular weight excluding hydrogens is 252 g/mol. The summed E-state index contributed by atoms with van der Waals surface area (Å²) in [6, 6.07) is 14.4. The number of aldehydes is 1. The van der Waals surface area contributed by atoms with Gasteiger partial charge in [0, 0.05) is 5.56 Å². The Bertz CT molecular complexity index is 547. The molecule has 0 aliphatic carbocycles. The van der Waals surface area contributed by atoms with Crippen molar-refractivity contribution in [2.45, 2.75) is 6.42 Å². The van der Waals surface area contributed by atoms with Gasteiger partial charge in [-0.05, 0) is 24.1 Å². The van der Waals surface area contributed by atoms with E-state index in [0.29, 0.717) is 5.75 Å². The molecule has 2 aromatic rings. The molecule has 1 N–H and O–H groups in total. The van der Waals surface area contributed by atoms with E-state index in [9.17, 15) is 9.90 Å². The van der Waals surface area contributed by atoms with Crippen molar-refractivity contribution in [1.29, 1.82) is 0 Å². The summed E-state index contributed by atoms with van der Waals surface area (Å²) in [6.45, 7) is 3.63. The van der Waals surface area contributed by atoms with Crippen LogP contribution in [0.5, 0.6) is 11.5 Å². The molecule has 0 spiro atoms. The highest BCUT2D eigenvalue weighted by atomic mass is 16.5. The number of hydrogen-bond donors (Lipinski definition) is 1. The zero-order chi connectivity index (χ0) is 14.8. The average molecular weight is 270 g/mol. The summed E-state index contributed by atoms with van der Waals surface area (Å²) in [6.07, 6.45) is 3.43. The third-order valence-corrected chi connectivity index (χ3v) is 2.56. The van der Waals surface area contributed by atoms with Gasteiger partial charge in [-0.2, -0.15) is 0 Å². The van der Waals surface area contributed by atoms with Gasteiger partial charge in [0.15, 0.2) is 11.5 Å². The van der Waals surface area contributed by atoms with E-state index < -0.39 is 0 Å². The quantitative estimate of drug-likeness (QED) is 0.681. The highest BCUT2D eigenvalue weighted by Crippen LogP contribution is 2.26. The minimum absolute atomic E-state index is 0.172. The van der Waals surface area contributed by atoms with Gasteiger partial charge in [0.1, 0.15) is 6.29 Å². The van der Waals surface area contributed by atoms with Crippen LogP contribution in [0.1, 0.15) is 15.9 Å². The van der Waals surface area contributed by atoms with E-state index in [1.165, 1.54) is 7.11 Å². The molecule has 3 heteroatoms. The summed E-state index contributed by atoms with van der Waals surface area (Å²) in [5, 5.41) is 9.25. The number of phenols is 1. The molecule has 0 saturated heterocycles. The van der Waals surface area contributed by atoms with Gasteiger partial charge in [0.05, 0.1) is 7.11 Å². The lowest BCUT2D eigenvalue weighted by atomic mass is 10.1. The number of methoxy groups -OCH3 is 1. The summed E-state index contributed by atoms with van der Waals surface area (Å²) in [4.78, 5) is 10.0. The monoisotopic (exact) mass is 270 g/mol. The number of phenolic OH excluding ortho intramolecular Hbond substituents is 1. The minimum Gasteiger partial charge on any atom is -0.504 e. The van der Waals surface area contributed by atoms with Crippen molar-refractivity contribution in [2.75, 3.05) is 7.11 Å². The van der Waals surface area contributed by atoms with Crippen molar-refractivity contribution in [3.05, 3.63) is 72.3 Å². The average Bonchev–Trinajstić information content (AvgIpc) is 2.51. The first kappa shape index (κ1) is 15.5. The maximum absolute atomic E-state index is 10.0. The zero-order valence-corrected chi connectivity index (χ0v) is 11.5. The van der Waals surface area contributed by atoms with Gasteiger partial charge in [-0.1, -0.05) is 42.5 Å². The van der Waals surface area contributed by atoms with Gasteiger partial charge >= 0.3 is 0 Å². The van der Waals surface area contributed by atoms with Crippen molar-refractivity contribution in [2.24, 2.45) is 0 Å². The summed E-state index contributed by atoms with van der Waals surface area (Å²) in [5.74, 6) is 0.680. The van der Waals surface area contributed by atoms with Crippen molar-refractivity contribution in [3.63, 3.8) is 0 Å². The lowest BCUT2D eigenvalue weighted by Crippen LogP contribution is -1.86. The van der Waals surface area contributed by atoms with Crippen LogP contribution in [0.25, 0.3) is 0 Å². The Morgan fingerprint density at radius 2 is 1.90 bits per heavy atom. The van der Waals surface area contributed by atoms with E-state index in [2.05, 4.69) is 6.58 Å². The maximum Gasteiger partial charge on any atom is 0.160 e. The smallest absolute Gasteiger partial charge is 0.160 e. The Hall–Kier alpha value is -2.55. The zero-order valence-electron chi connectivity index (χ0n) is 11.5. The fourth-order valence-corrected chi connectivity index (χ4v) is 1.55. The first-order chi connectivity index (χ1) is 9.71. The molecule has 3 nitrogen and oxygen atoms in total. The second kappa shape index (κ2) is 8.53. The molecule has 2 rings (SSSR count). The minimum atomic E-state index is 0.172. The largest absolute Gasteiger partial charge is 0.504 e. The fourth-order valence-electron chi connectivity index (χ4n) is 1.55. The Kier molecular flexibility index (Phi) is 6.62. The lowest BCUT2D eigenvalue weighted by Gasteiger charge is -2.04. The van der Waals surface area contributed by atoms with Crippen LogP contribution in [0.3, 0.4) is 0 Å². The van der Waals surface area contributed by atoms with Gasteiger partial charge < -0.3 is 9.84 Å². The topological polar surface area (TPSA) is 46.5 Å². The number of aromatic hydroxyl groups is 1. The van der Waals surface area contributed by atoms with E-state index in [1.807, 2.05) is 30.3 Å². The molecule has 104 valence electrons. The SMILES string of the molecule is C=CCc1ccc(O)c(OC)c1.O=Cc1ccccc1. The van der Waals surface area contributed by atoms with Gasteiger partial charge in [-0.15, -0.1) is 6.58 Å². The molecule has 0 heterocycles. The molecule has 0 saturated carbocycles. The van der Waals surface area contributed by atoms with E-state index in [1.54, 1.807) is 24.3 Å². The van der Waals surface area contributed by atoms with Gasteiger partial charge in [-0.25, -0.2) is 0 Å². The van der Waals surface area contributed by atoms with Gasteiger partial charge in [-0.3, -0.25) is 4.79 Å². The first-order valence-electron chi connectivity index (χ1n) is 6.18. The second-order valence-corrected chi connectivity index (χ2v) is 4.03. The van der Waals surface area contributed by atoms with Crippen LogP contribution in [0.4, 0.5) is 0 Å². The number of allylic oxidation sites excluding steroid dienone is 1. The molecule has 0 amide bonds. The number of rotatable bonds is 4. The first-order valence-corrected chi connectivity index (χ1v) is 6.18. The Labute approximate surface area is 119 Å². The maximum atomic E-state index is 10.0. The van der Waals surface area contributed by atoms with Crippen molar-refractivity contribution in [1.82, 2.24) is 0 Å². The number of benzene rings is 2. The molecular formula is C17H18O3. The van der Waals surface area contributed by atoms with Crippen LogP contribution in [0.15, 0.2) is 61.2 Å². The van der Waals surface area contributed by atoms with Crippen LogP contribution in [0.2, 0.25) is 0 Å². The molecule has 0 aromatic heterocycles. The summed E-state index contributed by atoms with van der Waals surface area (Å²) < 4.78 is 4.95. The van der Waals surface area contributed by atoms with Crippen LogP contribution in [-0.2, 0) is 6.42 Å². The highest BCUT2D eigenvalue weighted by Gasteiger charge is 2.00. The third-order valence-electron chi connectivity index (χ3n) is 2.56. The molecule has 20 heavy (non-hydrogen) atoms.